The smallest absolute Gasteiger partial charge is 0.288 e. The highest BCUT2D eigenvalue weighted by atomic mass is 19.4. The van der Waals surface area contributed by atoms with Crippen molar-refractivity contribution in [1.82, 2.24) is 0 Å². The van der Waals surface area contributed by atoms with Crippen molar-refractivity contribution in [2.75, 3.05) is 27.5 Å². The third-order valence-corrected chi connectivity index (χ3v) is 1.85. The first-order valence-corrected chi connectivity index (χ1v) is 7.55. The molecule has 30 heavy (non-hydrogen) atoms. The molecule has 0 aromatic heterocycles. The van der Waals surface area contributed by atoms with Crippen LogP contribution in [0.3, 0.4) is 0 Å². The molecule has 1 unspecified atom stereocenters. The van der Waals surface area contributed by atoms with E-state index in [0.29, 0.717) is 6.42 Å². The topological polar surface area (TPSA) is 9.23 Å². The third-order valence-electron chi connectivity index (χ3n) is 1.85. The van der Waals surface area contributed by atoms with Crippen molar-refractivity contribution in [3.05, 3.63) is 0 Å². The molecule has 0 radical (unpaired) electrons. The van der Waals surface area contributed by atoms with Crippen LogP contribution in [0, 0.1) is 0 Å². The molecule has 0 bridgehead atoms. The highest BCUT2D eigenvalue weighted by molar-refractivity contribution is 4.63. The van der Waals surface area contributed by atoms with E-state index in [1.54, 1.807) is 6.92 Å². The number of alkyl halides is 15. The molecule has 0 aromatic carbocycles. The fraction of sp³-hybridized carbons (Fsp3) is 1.00. The largest absolute Gasteiger partial charge is 0.522 e. The third kappa shape index (κ3) is 71.4. The zero-order chi connectivity index (χ0) is 25.4. The molecular formula is C14H23F15O. The van der Waals surface area contributed by atoms with Gasteiger partial charge in [0.1, 0.15) is 6.42 Å². The van der Waals surface area contributed by atoms with Gasteiger partial charge in [0.05, 0.1) is 12.8 Å². The van der Waals surface area contributed by atoms with Gasteiger partial charge in [0.25, 0.3) is 5.92 Å². The molecule has 0 fully saturated rings. The fourth-order valence-electron chi connectivity index (χ4n) is 1.25. The highest BCUT2D eigenvalue weighted by Crippen LogP contribution is 2.30. The van der Waals surface area contributed by atoms with Gasteiger partial charge in [-0.1, -0.05) is 13.3 Å². The second kappa shape index (κ2) is 24.2. The molecule has 0 saturated carbocycles. The Hall–Kier alpha value is -1.09. The molecule has 0 N–H and O–H groups in total. The molecular weight excluding hydrogens is 469 g/mol. The van der Waals surface area contributed by atoms with Gasteiger partial charge in [-0.05, 0) is 13.3 Å². The quantitative estimate of drug-likeness (QED) is 0.339. The molecule has 1 nitrogen and oxygen atoms in total. The number of hydrogen-bond acceptors (Lipinski definition) is 1. The Kier molecular flexibility index (Phi) is 31.8. The van der Waals surface area contributed by atoms with Gasteiger partial charge in [0, 0.05) is 6.42 Å². The fourth-order valence-corrected chi connectivity index (χ4v) is 1.25. The molecule has 0 rings (SSSR count). The van der Waals surface area contributed by atoms with E-state index in [-0.39, 0.29) is 19.8 Å². The van der Waals surface area contributed by atoms with Crippen molar-refractivity contribution in [1.29, 1.82) is 0 Å². The summed E-state index contributed by atoms with van der Waals surface area (Å²) in [5.41, 5.74) is 0. The normalized spacial score (nSPS) is 11.9. The van der Waals surface area contributed by atoms with Crippen LogP contribution >= 0.6 is 0 Å². The van der Waals surface area contributed by atoms with Crippen LogP contribution in [-0.2, 0) is 4.74 Å². The summed E-state index contributed by atoms with van der Waals surface area (Å²) in [7, 11) is 0. The van der Waals surface area contributed by atoms with Crippen molar-refractivity contribution < 1.29 is 70.6 Å². The van der Waals surface area contributed by atoms with Gasteiger partial charge in [-0.25, -0.2) is 35.1 Å². The van der Waals surface area contributed by atoms with Gasteiger partial charge in [0.15, 0.2) is 0 Å². The van der Waals surface area contributed by atoms with E-state index in [9.17, 15) is 65.9 Å². The average Bonchev–Trinajstić information content (AvgIpc) is 2.45. The van der Waals surface area contributed by atoms with Crippen LogP contribution in [0.15, 0.2) is 0 Å². The SMILES string of the molecule is CC(F)(F)CC(F)(F)F.CCCC(CCF)OC(F)(F)F.FCF.FCF.FCF. The van der Waals surface area contributed by atoms with E-state index in [2.05, 4.69) is 4.74 Å². The van der Waals surface area contributed by atoms with Crippen molar-refractivity contribution in [3.63, 3.8) is 0 Å². The zero-order valence-corrected chi connectivity index (χ0v) is 15.8. The summed E-state index contributed by atoms with van der Waals surface area (Å²) in [4.78, 5) is 0. The van der Waals surface area contributed by atoms with E-state index in [1.165, 1.54) is 0 Å². The number of ether oxygens (including phenoxy) is 1. The van der Waals surface area contributed by atoms with Crippen molar-refractivity contribution in [3.8, 4) is 0 Å². The van der Waals surface area contributed by atoms with Crippen LogP contribution in [0.5, 0.6) is 0 Å². The molecule has 1 atom stereocenters. The molecule has 16 heteroatoms. The Morgan fingerprint density at radius 2 is 1.00 bits per heavy atom. The standard InChI is InChI=1S/C7H12F4O.C4H5F5.3CH2F2/c1-2-3-6(4-5-8)12-7(9,10)11;1-3(5,6)2-4(7,8)9;3*2-1-3/h6H,2-5H2,1H3;2H2,1H3;3*1H2. The van der Waals surface area contributed by atoms with Crippen LogP contribution in [-0.4, -0.2) is 52.0 Å². The average molecular weight is 492 g/mol. The molecule has 190 valence electrons. The maximum absolute atomic E-state index is 11.7. The van der Waals surface area contributed by atoms with Crippen molar-refractivity contribution in [2.24, 2.45) is 0 Å². The Morgan fingerprint density at radius 3 is 1.13 bits per heavy atom. The summed E-state index contributed by atoms with van der Waals surface area (Å²) in [6.45, 7) is -4.06. The Balaban J connectivity index is -0.000000101. The van der Waals surface area contributed by atoms with Crippen molar-refractivity contribution >= 4 is 0 Å². The summed E-state index contributed by atoms with van der Waals surface area (Å²) in [6, 6.07) is 0. The minimum atomic E-state index is -4.77. The first-order valence-electron chi connectivity index (χ1n) is 7.55. The lowest BCUT2D eigenvalue weighted by Crippen LogP contribution is -2.24. The van der Waals surface area contributed by atoms with E-state index in [4.69, 9.17) is 0 Å². The summed E-state index contributed by atoms with van der Waals surface area (Å²) < 4.78 is 164. The number of halogens is 15. The van der Waals surface area contributed by atoms with Crippen LogP contribution in [0.25, 0.3) is 0 Å². The highest BCUT2D eigenvalue weighted by Gasteiger charge is 2.39. The van der Waals surface area contributed by atoms with Crippen molar-refractivity contribution in [2.45, 2.75) is 64.1 Å². The summed E-state index contributed by atoms with van der Waals surface area (Å²) >= 11 is 0. The van der Waals surface area contributed by atoms with Crippen LogP contribution in [0.2, 0.25) is 0 Å². The first-order chi connectivity index (χ1) is 13.4. The molecule has 0 heterocycles. The van der Waals surface area contributed by atoms with Gasteiger partial charge in [-0.2, -0.15) is 13.2 Å². The molecule has 0 saturated heterocycles. The second-order valence-corrected chi connectivity index (χ2v) is 4.62. The predicted molar refractivity (Wildman–Crippen MR) is 79.0 cm³/mol. The minimum absolute atomic E-state index is 0.187. The van der Waals surface area contributed by atoms with Crippen LogP contribution in [0.1, 0.15) is 39.5 Å². The van der Waals surface area contributed by atoms with E-state index in [0.717, 1.165) is 0 Å². The van der Waals surface area contributed by atoms with E-state index >= 15 is 0 Å². The Morgan fingerprint density at radius 1 is 0.667 bits per heavy atom. The maximum atomic E-state index is 11.7. The minimum Gasteiger partial charge on any atom is -0.288 e. The Labute approximate surface area is 163 Å². The van der Waals surface area contributed by atoms with E-state index in [1.807, 2.05) is 0 Å². The summed E-state index contributed by atoms with van der Waals surface area (Å²) in [6.07, 6.45) is -11.9. The molecule has 0 aromatic rings. The van der Waals surface area contributed by atoms with Gasteiger partial charge in [-0.3, -0.25) is 9.13 Å². The number of rotatable bonds is 6. The van der Waals surface area contributed by atoms with Gasteiger partial charge < -0.3 is 0 Å². The molecule has 0 spiro atoms. The lowest BCUT2D eigenvalue weighted by Gasteiger charge is -2.16. The molecule has 0 aliphatic rings. The zero-order valence-electron chi connectivity index (χ0n) is 15.8. The predicted octanol–water partition coefficient (Wildman–Crippen LogP) is 8.29. The molecule has 0 aliphatic heterocycles. The second-order valence-electron chi connectivity index (χ2n) is 4.62. The van der Waals surface area contributed by atoms with Gasteiger partial charge >= 0.3 is 12.5 Å². The van der Waals surface area contributed by atoms with E-state index < -0.39 is 58.4 Å². The van der Waals surface area contributed by atoms with Gasteiger partial charge in [-0.15, -0.1) is 13.2 Å². The maximum Gasteiger partial charge on any atom is 0.522 e. The molecule has 0 amide bonds. The van der Waals surface area contributed by atoms with Crippen LogP contribution in [0.4, 0.5) is 65.9 Å². The molecule has 0 aliphatic carbocycles. The summed E-state index contributed by atoms with van der Waals surface area (Å²) in [5.74, 6) is -3.64. The first kappa shape index (κ1) is 39.4. The number of hydrogen-bond donors (Lipinski definition) is 0. The van der Waals surface area contributed by atoms with Crippen LogP contribution < -0.4 is 0 Å². The lowest BCUT2D eigenvalue weighted by molar-refractivity contribution is -0.344. The Bertz CT molecular complexity index is 278. The monoisotopic (exact) mass is 492 g/mol. The summed E-state index contributed by atoms with van der Waals surface area (Å²) in [5, 5.41) is 0. The van der Waals surface area contributed by atoms with Gasteiger partial charge in [0.2, 0.25) is 20.8 Å². The lowest BCUT2D eigenvalue weighted by atomic mass is 10.1.